The molecule has 0 amide bonds. The van der Waals surface area contributed by atoms with Crippen LogP contribution in [0, 0.1) is 0 Å². The molecule has 0 saturated carbocycles. The molecule has 0 atom stereocenters. The topological polar surface area (TPSA) is 83.0 Å². The van der Waals surface area contributed by atoms with Crippen molar-refractivity contribution < 1.29 is 5.11 Å². The molecular weight excluding hydrogens is 314 g/mol. The zero-order valence-corrected chi connectivity index (χ0v) is 13.9. The van der Waals surface area contributed by atoms with E-state index in [1.807, 2.05) is 42.5 Å². The molecule has 1 aromatic carbocycles. The number of aliphatic hydroxyl groups is 1. The maximum atomic E-state index is 9.00. The maximum Gasteiger partial charge on any atom is 0.225 e. The summed E-state index contributed by atoms with van der Waals surface area (Å²) in [5.41, 5.74) is 2.79. The van der Waals surface area contributed by atoms with Crippen LogP contribution in [0.5, 0.6) is 0 Å². The van der Waals surface area contributed by atoms with Gasteiger partial charge in [0, 0.05) is 25.4 Å². The van der Waals surface area contributed by atoms with Crippen molar-refractivity contribution in [1.82, 2.24) is 15.0 Å². The molecule has 0 fully saturated rings. The predicted octanol–water partition coefficient (Wildman–Crippen LogP) is 2.60. The summed E-state index contributed by atoms with van der Waals surface area (Å²) in [5.74, 6) is 1.20. The van der Waals surface area contributed by atoms with Gasteiger partial charge in [0.1, 0.15) is 5.82 Å². The largest absolute Gasteiger partial charge is 0.395 e. The Balaban J connectivity index is 1.75. The van der Waals surface area contributed by atoms with E-state index in [0.29, 0.717) is 12.5 Å². The average Bonchev–Trinajstić information content (AvgIpc) is 2.68. The number of rotatable bonds is 8. The lowest BCUT2D eigenvalue weighted by molar-refractivity contribution is 0.311. The molecule has 0 unspecified atom stereocenters. The highest BCUT2D eigenvalue weighted by Gasteiger charge is 2.07. The molecule has 6 heteroatoms. The van der Waals surface area contributed by atoms with Crippen molar-refractivity contribution in [3.8, 4) is 11.4 Å². The number of hydrogen-bond acceptors (Lipinski definition) is 6. The fourth-order valence-electron chi connectivity index (χ4n) is 2.41. The quantitative estimate of drug-likeness (QED) is 0.587. The average molecular weight is 335 g/mol. The molecule has 0 bridgehead atoms. The van der Waals surface area contributed by atoms with Gasteiger partial charge in [-0.3, -0.25) is 4.98 Å². The summed E-state index contributed by atoms with van der Waals surface area (Å²) < 4.78 is 0. The Bertz CT molecular complexity index is 780. The molecule has 0 radical (unpaired) electrons. The summed E-state index contributed by atoms with van der Waals surface area (Å²) in [7, 11) is 0. The lowest BCUT2D eigenvalue weighted by Gasteiger charge is -2.11. The summed E-state index contributed by atoms with van der Waals surface area (Å²) in [4.78, 5) is 13.3. The van der Waals surface area contributed by atoms with Gasteiger partial charge in [-0.05, 0) is 24.1 Å². The van der Waals surface area contributed by atoms with E-state index in [1.165, 1.54) is 5.56 Å². The van der Waals surface area contributed by atoms with Gasteiger partial charge < -0.3 is 15.7 Å². The smallest absolute Gasteiger partial charge is 0.225 e. The highest BCUT2D eigenvalue weighted by Crippen LogP contribution is 2.19. The minimum atomic E-state index is 0.0218. The highest BCUT2D eigenvalue weighted by molar-refractivity contribution is 5.60. The van der Waals surface area contributed by atoms with E-state index in [1.54, 1.807) is 6.20 Å². The molecule has 25 heavy (non-hydrogen) atoms. The van der Waals surface area contributed by atoms with E-state index in [9.17, 15) is 0 Å². The first-order chi connectivity index (χ1) is 12.3. The van der Waals surface area contributed by atoms with E-state index < -0.39 is 0 Å². The molecule has 0 aliphatic rings. The molecule has 128 valence electrons. The van der Waals surface area contributed by atoms with E-state index in [-0.39, 0.29) is 6.61 Å². The third-order valence-corrected chi connectivity index (χ3v) is 3.61. The third-order valence-electron chi connectivity index (χ3n) is 3.61. The zero-order valence-electron chi connectivity index (χ0n) is 13.9. The second-order valence-corrected chi connectivity index (χ2v) is 5.49. The number of nitrogens with one attached hydrogen (secondary N) is 2. The van der Waals surface area contributed by atoms with Crippen molar-refractivity contribution in [2.24, 2.45) is 0 Å². The van der Waals surface area contributed by atoms with Gasteiger partial charge in [-0.1, -0.05) is 36.4 Å². The Hall–Kier alpha value is -2.99. The number of benzene rings is 1. The van der Waals surface area contributed by atoms with Crippen molar-refractivity contribution in [1.29, 1.82) is 0 Å². The normalized spacial score (nSPS) is 10.4. The number of aromatic nitrogens is 3. The number of aliphatic hydroxyl groups excluding tert-OH is 1. The number of nitrogens with zero attached hydrogens (tertiary/aromatic N) is 3. The Morgan fingerprint density at radius 2 is 1.68 bits per heavy atom. The van der Waals surface area contributed by atoms with Crippen LogP contribution in [-0.2, 0) is 6.42 Å². The van der Waals surface area contributed by atoms with E-state index in [0.717, 1.165) is 30.2 Å². The van der Waals surface area contributed by atoms with Crippen LogP contribution in [0.25, 0.3) is 11.4 Å². The SMILES string of the molecule is OCCNc1nc(NCCc2ccccc2)cc(-c2ccccn2)n1. The fourth-order valence-corrected chi connectivity index (χ4v) is 2.41. The number of pyridine rings is 1. The molecule has 2 aromatic heterocycles. The van der Waals surface area contributed by atoms with Crippen LogP contribution in [0.4, 0.5) is 11.8 Å². The standard InChI is InChI=1S/C19H21N5O/c25-13-12-22-19-23-17(16-8-4-5-10-20-16)14-18(24-19)21-11-9-15-6-2-1-3-7-15/h1-8,10,14,25H,9,11-13H2,(H2,21,22,23,24). The van der Waals surface area contributed by atoms with Crippen molar-refractivity contribution in [2.45, 2.75) is 6.42 Å². The van der Waals surface area contributed by atoms with E-state index >= 15 is 0 Å². The summed E-state index contributed by atoms with van der Waals surface area (Å²) in [6, 6.07) is 17.9. The van der Waals surface area contributed by atoms with Crippen LogP contribution >= 0.6 is 0 Å². The number of anilines is 2. The molecule has 2 heterocycles. The second-order valence-electron chi connectivity index (χ2n) is 5.49. The molecule has 0 spiro atoms. The van der Waals surface area contributed by atoms with Gasteiger partial charge in [-0.15, -0.1) is 0 Å². The van der Waals surface area contributed by atoms with Gasteiger partial charge >= 0.3 is 0 Å². The van der Waals surface area contributed by atoms with Crippen LogP contribution in [-0.4, -0.2) is 39.8 Å². The van der Waals surface area contributed by atoms with Gasteiger partial charge in [0.15, 0.2) is 0 Å². The lowest BCUT2D eigenvalue weighted by atomic mass is 10.1. The molecule has 3 N–H and O–H groups in total. The first-order valence-corrected chi connectivity index (χ1v) is 8.28. The van der Waals surface area contributed by atoms with E-state index in [2.05, 4.69) is 37.7 Å². The summed E-state index contributed by atoms with van der Waals surface area (Å²) in [6.07, 6.45) is 2.64. The van der Waals surface area contributed by atoms with Gasteiger partial charge in [-0.25, -0.2) is 4.98 Å². The van der Waals surface area contributed by atoms with Gasteiger partial charge in [0.05, 0.1) is 18.0 Å². The van der Waals surface area contributed by atoms with Crippen molar-refractivity contribution >= 4 is 11.8 Å². The van der Waals surface area contributed by atoms with Crippen molar-refractivity contribution in [3.05, 3.63) is 66.4 Å². The summed E-state index contributed by atoms with van der Waals surface area (Å²) >= 11 is 0. The molecular formula is C19H21N5O. The van der Waals surface area contributed by atoms with E-state index in [4.69, 9.17) is 5.11 Å². The molecule has 6 nitrogen and oxygen atoms in total. The summed E-state index contributed by atoms with van der Waals surface area (Å²) in [6.45, 7) is 1.19. The monoisotopic (exact) mass is 335 g/mol. The van der Waals surface area contributed by atoms with Crippen LogP contribution in [0.1, 0.15) is 5.56 Å². The zero-order chi connectivity index (χ0) is 17.3. The first-order valence-electron chi connectivity index (χ1n) is 8.28. The summed E-state index contributed by atoms with van der Waals surface area (Å²) in [5, 5.41) is 15.4. The maximum absolute atomic E-state index is 9.00. The van der Waals surface area contributed by atoms with Crippen molar-refractivity contribution in [3.63, 3.8) is 0 Å². The molecule has 0 aliphatic heterocycles. The van der Waals surface area contributed by atoms with Crippen LogP contribution < -0.4 is 10.6 Å². The lowest BCUT2D eigenvalue weighted by Crippen LogP contribution is -2.12. The van der Waals surface area contributed by atoms with Crippen LogP contribution in [0.2, 0.25) is 0 Å². The van der Waals surface area contributed by atoms with Crippen LogP contribution in [0.3, 0.4) is 0 Å². The van der Waals surface area contributed by atoms with Crippen LogP contribution in [0.15, 0.2) is 60.8 Å². The minimum Gasteiger partial charge on any atom is -0.395 e. The second kappa shape index (κ2) is 8.75. The molecule has 3 rings (SSSR count). The highest BCUT2D eigenvalue weighted by atomic mass is 16.3. The van der Waals surface area contributed by atoms with Gasteiger partial charge in [0.2, 0.25) is 5.95 Å². The third kappa shape index (κ3) is 4.99. The Morgan fingerprint density at radius 3 is 2.44 bits per heavy atom. The fraction of sp³-hybridized carbons (Fsp3) is 0.211. The number of hydrogen-bond donors (Lipinski definition) is 3. The predicted molar refractivity (Wildman–Crippen MR) is 99.5 cm³/mol. The first kappa shape index (κ1) is 16.9. The molecule has 0 saturated heterocycles. The molecule has 3 aromatic rings. The van der Waals surface area contributed by atoms with Gasteiger partial charge in [0.25, 0.3) is 0 Å². The molecule has 0 aliphatic carbocycles. The minimum absolute atomic E-state index is 0.0218. The van der Waals surface area contributed by atoms with Crippen molar-refractivity contribution in [2.75, 3.05) is 30.3 Å². The Kier molecular flexibility index (Phi) is 5.90. The Morgan fingerprint density at radius 1 is 0.840 bits per heavy atom. The Labute approximate surface area is 147 Å². The van der Waals surface area contributed by atoms with Gasteiger partial charge in [-0.2, -0.15) is 4.98 Å².